The largest absolute Gasteiger partial charge is 0.496 e. The Kier molecular flexibility index (Phi) is 6.50. The zero-order valence-corrected chi connectivity index (χ0v) is 17.4. The van der Waals surface area contributed by atoms with E-state index in [1.165, 1.54) is 0 Å². The molecule has 0 fully saturated rings. The first kappa shape index (κ1) is 20.4. The molecular formula is C26H26O3. The highest BCUT2D eigenvalue weighted by atomic mass is 16.5. The number of ketones is 1. The van der Waals surface area contributed by atoms with Gasteiger partial charge in [-0.25, -0.2) is 0 Å². The number of carbonyl (C=O) groups excluding carboxylic acids is 1. The lowest BCUT2D eigenvalue weighted by molar-refractivity contribution is 0.104. The van der Waals surface area contributed by atoms with Gasteiger partial charge in [0.2, 0.25) is 0 Å². The fourth-order valence-corrected chi connectivity index (χ4v) is 3.14. The van der Waals surface area contributed by atoms with Crippen LogP contribution in [0.2, 0.25) is 0 Å². The van der Waals surface area contributed by atoms with Gasteiger partial charge in [-0.3, -0.25) is 4.79 Å². The molecule has 3 aromatic rings. The fourth-order valence-electron chi connectivity index (χ4n) is 3.14. The van der Waals surface area contributed by atoms with E-state index in [1.807, 2.05) is 81.4 Å². The molecule has 0 saturated heterocycles. The van der Waals surface area contributed by atoms with Crippen molar-refractivity contribution in [3.05, 3.63) is 100 Å². The Labute approximate surface area is 172 Å². The molecule has 0 unspecified atom stereocenters. The van der Waals surface area contributed by atoms with Crippen LogP contribution in [0.3, 0.4) is 0 Å². The van der Waals surface area contributed by atoms with E-state index in [2.05, 4.69) is 0 Å². The van der Waals surface area contributed by atoms with Crippen LogP contribution in [0, 0.1) is 20.8 Å². The summed E-state index contributed by atoms with van der Waals surface area (Å²) < 4.78 is 11.5. The second-order valence-corrected chi connectivity index (χ2v) is 7.10. The van der Waals surface area contributed by atoms with Crippen LogP contribution in [0.25, 0.3) is 6.08 Å². The maximum atomic E-state index is 12.8. The molecule has 3 nitrogen and oxygen atoms in total. The van der Waals surface area contributed by atoms with Gasteiger partial charge in [-0.05, 0) is 67.3 Å². The molecule has 29 heavy (non-hydrogen) atoms. The summed E-state index contributed by atoms with van der Waals surface area (Å²) in [6.45, 7) is 6.47. The molecule has 3 heteroatoms. The Morgan fingerprint density at radius 3 is 2.45 bits per heavy atom. The topological polar surface area (TPSA) is 35.5 Å². The lowest BCUT2D eigenvalue weighted by Gasteiger charge is -2.12. The summed E-state index contributed by atoms with van der Waals surface area (Å²) in [7, 11) is 1.60. The van der Waals surface area contributed by atoms with Gasteiger partial charge in [0.25, 0.3) is 0 Å². The first-order chi connectivity index (χ1) is 14.0. The Bertz CT molecular complexity index is 1030. The summed E-state index contributed by atoms with van der Waals surface area (Å²) in [5, 5.41) is 0. The minimum absolute atomic E-state index is 0.0977. The quantitative estimate of drug-likeness (QED) is 0.364. The van der Waals surface area contributed by atoms with E-state index >= 15 is 0 Å². The third kappa shape index (κ3) is 4.94. The summed E-state index contributed by atoms with van der Waals surface area (Å²) in [6, 6.07) is 19.8. The van der Waals surface area contributed by atoms with Gasteiger partial charge in [-0.2, -0.15) is 0 Å². The lowest BCUT2D eigenvalue weighted by atomic mass is 10.0. The van der Waals surface area contributed by atoms with Gasteiger partial charge in [0.1, 0.15) is 18.1 Å². The molecule has 148 valence electrons. The molecule has 3 rings (SSSR count). The number of hydrogen-bond acceptors (Lipinski definition) is 3. The van der Waals surface area contributed by atoms with E-state index in [1.54, 1.807) is 19.3 Å². The molecule has 0 radical (unpaired) electrons. The average molecular weight is 386 g/mol. The number of carbonyl (C=O) groups is 1. The van der Waals surface area contributed by atoms with Gasteiger partial charge in [0, 0.05) is 5.56 Å². The van der Waals surface area contributed by atoms with E-state index in [9.17, 15) is 4.79 Å². The van der Waals surface area contributed by atoms with Gasteiger partial charge in [-0.1, -0.05) is 48.5 Å². The highest BCUT2D eigenvalue weighted by molar-refractivity contribution is 6.09. The van der Waals surface area contributed by atoms with Crippen LogP contribution in [-0.4, -0.2) is 12.9 Å². The van der Waals surface area contributed by atoms with Crippen molar-refractivity contribution in [2.24, 2.45) is 0 Å². The third-order valence-electron chi connectivity index (χ3n) is 4.97. The maximum absolute atomic E-state index is 12.8. The molecule has 0 bridgehead atoms. The first-order valence-corrected chi connectivity index (χ1v) is 9.63. The second kappa shape index (κ2) is 9.24. The number of benzene rings is 3. The highest BCUT2D eigenvalue weighted by Crippen LogP contribution is 2.28. The Morgan fingerprint density at radius 1 is 0.966 bits per heavy atom. The standard InChI is InChI=1S/C26H26O3/c1-18-10-12-22(25(16-18)29-17-21-8-6-5-7-9-21)13-15-24(27)23-14-11-19(2)20(3)26(23)28-4/h5-16H,17H2,1-4H3/b15-13+. The van der Waals surface area contributed by atoms with E-state index in [0.29, 0.717) is 17.9 Å². The van der Waals surface area contributed by atoms with E-state index in [4.69, 9.17) is 9.47 Å². The molecule has 0 aliphatic heterocycles. The van der Waals surface area contributed by atoms with Crippen LogP contribution in [-0.2, 0) is 6.61 Å². The first-order valence-electron chi connectivity index (χ1n) is 9.63. The van der Waals surface area contributed by atoms with Crippen LogP contribution in [0.5, 0.6) is 11.5 Å². The minimum atomic E-state index is -0.0977. The molecule has 0 heterocycles. The van der Waals surface area contributed by atoms with Crippen molar-refractivity contribution < 1.29 is 14.3 Å². The molecule has 0 saturated carbocycles. The summed E-state index contributed by atoms with van der Waals surface area (Å²) in [5.41, 5.74) is 5.70. The Hall–Kier alpha value is -3.33. The molecule has 0 N–H and O–H groups in total. The zero-order chi connectivity index (χ0) is 20.8. The van der Waals surface area contributed by atoms with E-state index < -0.39 is 0 Å². The van der Waals surface area contributed by atoms with E-state index in [-0.39, 0.29) is 5.78 Å². The number of aryl methyl sites for hydroxylation is 2. The Morgan fingerprint density at radius 2 is 1.72 bits per heavy atom. The molecule has 0 amide bonds. The number of hydrogen-bond donors (Lipinski definition) is 0. The maximum Gasteiger partial charge on any atom is 0.189 e. The van der Waals surface area contributed by atoms with Crippen molar-refractivity contribution in [1.82, 2.24) is 0 Å². The predicted molar refractivity (Wildman–Crippen MR) is 118 cm³/mol. The fraction of sp³-hybridized carbons (Fsp3) is 0.192. The van der Waals surface area contributed by atoms with Gasteiger partial charge < -0.3 is 9.47 Å². The molecule has 0 aliphatic rings. The van der Waals surface area contributed by atoms with Crippen LogP contribution in [0.15, 0.2) is 66.7 Å². The molecule has 3 aromatic carbocycles. The molecule has 0 atom stereocenters. The van der Waals surface area contributed by atoms with Crippen molar-refractivity contribution in [3.8, 4) is 11.5 Å². The second-order valence-electron chi connectivity index (χ2n) is 7.10. The number of methoxy groups -OCH3 is 1. The van der Waals surface area contributed by atoms with Gasteiger partial charge in [0.15, 0.2) is 5.78 Å². The molecular weight excluding hydrogens is 360 g/mol. The average Bonchev–Trinajstić information content (AvgIpc) is 2.73. The normalized spacial score (nSPS) is 10.9. The predicted octanol–water partition coefficient (Wildman–Crippen LogP) is 6.10. The van der Waals surface area contributed by atoms with Gasteiger partial charge in [-0.15, -0.1) is 0 Å². The van der Waals surface area contributed by atoms with Gasteiger partial charge >= 0.3 is 0 Å². The van der Waals surface area contributed by atoms with Crippen molar-refractivity contribution in [2.45, 2.75) is 27.4 Å². The molecule has 0 spiro atoms. The van der Waals surface area contributed by atoms with Crippen molar-refractivity contribution in [3.63, 3.8) is 0 Å². The van der Waals surface area contributed by atoms with Crippen molar-refractivity contribution >= 4 is 11.9 Å². The van der Waals surface area contributed by atoms with Crippen LogP contribution < -0.4 is 9.47 Å². The smallest absolute Gasteiger partial charge is 0.189 e. The van der Waals surface area contributed by atoms with Crippen LogP contribution in [0.4, 0.5) is 0 Å². The minimum Gasteiger partial charge on any atom is -0.496 e. The van der Waals surface area contributed by atoms with Crippen molar-refractivity contribution in [1.29, 1.82) is 0 Å². The highest BCUT2D eigenvalue weighted by Gasteiger charge is 2.13. The van der Waals surface area contributed by atoms with Crippen LogP contribution in [0.1, 0.15) is 38.2 Å². The molecule has 0 aliphatic carbocycles. The number of ether oxygens (including phenoxy) is 2. The van der Waals surface area contributed by atoms with Gasteiger partial charge in [0.05, 0.1) is 12.7 Å². The summed E-state index contributed by atoms with van der Waals surface area (Å²) >= 11 is 0. The monoisotopic (exact) mass is 386 g/mol. The van der Waals surface area contributed by atoms with Crippen LogP contribution >= 0.6 is 0 Å². The van der Waals surface area contributed by atoms with E-state index in [0.717, 1.165) is 33.6 Å². The van der Waals surface area contributed by atoms with Crippen molar-refractivity contribution in [2.75, 3.05) is 7.11 Å². The zero-order valence-electron chi connectivity index (χ0n) is 17.4. The SMILES string of the molecule is COc1c(C(=O)/C=C/c2ccc(C)cc2OCc2ccccc2)ccc(C)c1C. The number of allylic oxidation sites excluding steroid dienone is 1. The summed E-state index contributed by atoms with van der Waals surface area (Å²) in [4.78, 5) is 12.8. The third-order valence-corrected chi connectivity index (χ3v) is 4.97. The lowest BCUT2D eigenvalue weighted by Crippen LogP contribution is -2.02. The summed E-state index contributed by atoms with van der Waals surface area (Å²) in [5.74, 6) is 1.29. The number of rotatable bonds is 7. The summed E-state index contributed by atoms with van der Waals surface area (Å²) in [6.07, 6.45) is 3.38. The molecule has 0 aromatic heterocycles. The Balaban J connectivity index is 1.83.